The summed E-state index contributed by atoms with van der Waals surface area (Å²) in [7, 11) is -3.12. The zero-order chi connectivity index (χ0) is 18.6. The van der Waals surface area contributed by atoms with Gasteiger partial charge in [0, 0.05) is 12.1 Å². The van der Waals surface area contributed by atoms with Crippen molar-refractivity contribution in [3.05, 3.63) is 58.6 Å². The van der Waals surface area contributed by atoms with E-state index in [-0.39, 0.29) is 5.69 Å². The molecule has 0 amide bonds. The van der Waals surface area contributed by atoms with E-state index in [1.807, 2.05) is 0 Å². The molecule has 0 fully saturated rings. The maximum atomic E-state index is 12.9. The number of hydrogen-bond acceptors (Lipinski definition) is 6. The second-order valence-corrected chi connectivity index (χ2v) is 6.66. The first-order valence-corrected chi connectivity index (χ1v) is 8.33. The van der Waals surface area contributed by atoms with Crippen molar-refractivity contribution in [1.82, 2.24) is 0 Å². The monoisotopic (exact) mass is 366 g/mol. The van der Waals surface area contributed by atoms with Crippen molar-refractivity contribution in [3.8, 4) is 5.75 Å². The van der Waals surface area contributed by atoms with Crippen LogP contribution >= 0.6 is 0 Å². The highest BCUT2D eigenvalue weighted by atomic mass is 32.2. The lowest BCUT2D eigenvalue weighted by atomic mass is 10.3. The van der Waals surface area contributed by atoms with Gasteiger partial charge in [-0.15, -0.1) is 0 Å². The Labute approximate surface area is 143 Å². The maximum Gasteiger partial charge on any atom is 0.324 e. The van der Waals surface area contributed by atoms with Crippen LogP contribution in [0.25, 0.3) is 0 Å². The van der Waals surface area contributed by atoms with Gasteiger partial charge in [0.1, 0.15) is 12.3 Å². The van der Waals surface area contributed by atoms with Gasteiger partial charge in [0.05, 0.1) is 17.7 Å². The van der Waals surface area contributed by atoms with Crippen LogP contribution < -0.4 is 9.04 Å². The molecule has 132 valence electrons. The summed E-state index contributed by atoms with van der Waals surface area (Å²) in [5.41, 5.74) is -0.624. The first-order valence-electron chi connectivity index (χ1n) is 6.89. The number of anilines is 1. The molecule has 0 saturated carbocycles. The third-order valence-electron chi connectivity index (χ3n) is 3.25. The number of hydrogen-bond donors (Lipinski definition) is 1. The average Bonchev–Trinajstić information content (AvgIpc) is 2.59. The van der Waals surface area contributed by atoms with E-state index >= 15 is 0 Å². The van der Waals surface area contributed by atoms with Crippen LogP contribution in [0.1, 0.15) is 0 Å². The number of sulfonamides is 1. The molecule has 0 atom stereocenters. The number of nitro groups is 1. The SMILES string of the molecule is COc1cccc(N(CC(=O)O)S(=O)(=O)c2ccccc2[N+](=O)[O-])c1. The third kappa shape index (κ3) is 3.86. The van der Waals surface area contributed by atoms with Gasteiger partial charge in [0.15, 0.2) is 4.90 Å². The number of nitrogens with zero attached hydrogens (tertiary/aromatic N) is 2. The molecule has 0 heterocycles. The number of ether oxygens (including phenoxy) is 1. The molecular weight excluding hydrogens is 352 g/mol. The Morgan fingerprint density at radius 2 is 1.92 bits per heavy atom. The number of aliphatic carboxylic acids is 1. The third-order valence-corrected chi connectivity index (χ3v) is 5.07. The van der Waals surface area contributed by atoms with Crippen molar-refractivity contribution in [2.75, 3.05) is 18.0 Å². The molecule has 0 aliphatic carbocycles. The lowest BCUT2D eigenvalue weighted by molar-refractivity contribution is -0.387. The van der Waals surface area contributed by atoms with Crippen molar-refractivity contribution in [2.45, 2.75) is 4.90 Å². The Kier molecular flexibility index (Phi) is 5.22. The normalized spacial score (nSPS) is 10.9. The number of para-hydroxylation sites is 1. The molecule has 0 saturated heterocycles. The molecule has 0 radical (unpaired) electrons. The molecule has 9 nitrogen and oxygen atoms in total. The summed E-state index contributed by atoms with van der Waals surface area (Å²) in [6.07, 6.45) is 0. The molecule has 10 heteroatoms. The molecule has 2 aromatic carbocycles. The zero-order valence-electron chi connectivity index (χ0n) is 13.0. The number of nitro benzene ring substituents is 1. The molecule has 0 aromatic heterocycles. The van der Waals surface area contributed by atoms with Crippen LogP contribution in [-0.4, -0.2) is 38.1 Å². The summed E-state index contributed by atoms with van der Waals surface area (Å²) >= 11 is 0. The van der Waals surface area contributed by atoms with Gasteiger partial charge in [0.25, 0.3) is 15.7 Å². The van der Waals surface area contributed by atoms with E-state index in [1.165, 1.54) is 37.4 Å². The van der Waals surface area contributed by atoms with Crippen LogP contribution in [0.2, 0.25) is 0 Å². The van der Waals surface area contributed by atoms with Crippen molar-refractivity contribution >= 4 is 27.4 Å². The molecule has 1 N–H and O–H groups in total. The van der Waals surface area contributed by atoms with Crippen LogP contribution in [0.3, 0.4) is 0 Å². The van der Waals surface area contributed by atoms with Gasteiger partial charge < -0.3 is 9.84 Å². The largest absolute Gasteiger partial charge is 0.497 e. The maximum absolute atomic E-state index is 12.9. The number of carboxylic acid groups (broad SMARTS) is 1. The zero-order valence-corrected chi connectivity index (χ0v) is 13.8. The van der Waals surface area contributed by atoms with E-state index in [0.717, 1.165) is 12.1 Å². The standard InChI is InChI=1S/C15H14N2O7S/c1-24-12-6-4-5-11(9-12)16(10-15(18)19)25(22,23)14-8-3-2-7-13(14)17(20)21/h2-9H,10H2,1H3,(H,18,19). The molecule has 0 bridgehead atoms. The smallest absolute Gasteiger partial charge is 0.324 e. The number of carboxylic acids is 1. The van der Waals surface area contributed by atoms with Crippen LogP contribution in [0, 0.1) is 10.1 Å². The molecular formula is C15H14N2O7S. The van der Waals surface area contributed by atoms with E-state index in [4.69, 9.17) is 9.84 Å². The summed E-state index contributed by atoms with van der Waals surface area (Å²) in [6, 6.07) is 10.5. The van der Waals surface area contributed by atoms with E-state index < -0.39 is 38.0 Å². The lowest BCUT2D eigenvalue weighted by Crippen LogP contribution is -2.36. The van der Waals surface area contributed by atoms with Crippen molar-refractivity contribution < 1.29 is 28.0 Å². The van der Waals surface area contributed by atoms with Crippen molar-refractivity contribution in [1.29, 1.82) is 0 Å². The lowest BCUT2D eigenvalue weighted by Gasteiger charge is -2.23. The molecule has 25 heavy (non-hydrogen) atoms. The summed E-state index contributed by atoms with van der Waals surface area (Å²) in [5, 5.41) is 20.2. The average molecular weight is 366 g/mol. The predicted molar refractivity (Wildman–Crippen MR) is 88.3 cm³/mol. The number of benzene rings is 2. The van der Waals surface area contributed by atoms with Crippen LogP contribution in [-0.2, 0) is 14.8 Å². The molecule has 2 rings (SSSR count). The van der Waals surface area contributed by atoms with Crippen LogP contribution in [0.4, 0.5) is 11.4 Å². The van der Waals surface area contributed by atoms with Crippen LogP contribution in [0.5, 0.6) is 5.75 Å². The Morgan fingerprint density at radius 3 is 2.52 bits per heavy atom. The number of rotatable bonds is 7. The first kappa shape index (κ1) is 18.2. The number of methoxy groups -OCH3 is 1. The number of carbonyl (C=O) groups is 1. The summed E-state index contributed by atoms with van der Waals surface area (Å²) < 4.78 is 31.4. The molecule has 0 unspecified atom stereocenters. The summed E-state index contributed by atoms with van der Waals surface area (Å²) in [5.74, 6) is -1.10. The minimum atomic E-state index is -4.49. The highest BCUT2D eigenvalue weighted by Crippen LogP contribution is 2.31. The quantitative estimate of drug-likeness (QED) is 0.585. The van der Waals surface area contributed by atoms with Gasteiger partial charge in [0.2, 0.25) is 0 Å². The van der Waals surface area contributed by atoms with E-state index in [0.29, 0.717) is 10.1 Å². The van der Waals surface area contributed by atoms with Gasteiger partial charge in [-0.05, 0) is 18.2 Å². The van der Waals surface area contributed by atoms with E-state index in [9.17, 15) is 23.3 Å². The molecule has 2 aromatic rings. The Hall–Kier alpha value is -3.14. The predicted octanol–water partition coefficient (Wildman–Crippen LogP) is 1.88. The topological polar surface area (TPSA) is 127 Å². The second kappa shape index (κ2) is 7.18. The first-order chi connectivity index (χ1) is 11.8. The second-order valence-electron chi connectivity index (χ2n) is 4.83. The minimum absolute atomic E-state index is 0.0138. The Balaban J connectivity index is 2.65. The summed E-state index contributed by atoms with van der Waals surface area (Å²) in [6.45, 7) is -0.901. The van der Waals surface area contributed by atoms with Gasteiger partial charge in [-0.3, -0.25) is 19.2 Å². The van der Waals surface area contributed by atoms with Gasteiger partial charge in [-0.2, -0.15) is 0 Å². The van der Waals surface area contributed by atoms with Crippen molar-refractivity contribution in [2.24, 2.45) is 0 Å². The molecule has 0 spiro atoms. The van der Waals surface area contributed by atoms with Gasteiger partial charge in [-0.1, -0.05) is 18.2 Å². The van der Waals surface area contributed by atoms with E-state index in [1.54, 1.807) is 6.07 Å². The fourth-order valence-electron chi connectivity index (χ4n) is 2.15. The Morgan fingerprint density at radius 1 is 1.24 bits per heavy atom. The highest BCUT2D eigenvalue weighted by molar-refractivity contribution is 7.93. The molecule has 0 aliphatic rings. The van der Waals surface area contributed by atoms with E-state index in [2.05, 4.69) is 0 Å². The summed E-state index contributed by atoms with van der Waals surface area (Å²) in [4.78, 5) is 20.9. The van der Waals surface area contributed by atoms with Crippen LogP contribution in [0.15, 0.2) is 53.4 Å². The van der Waals surface area contributed by atoms with Gasteiger partial charge >= 0.3 is 5.97 Å². The molecule has 0 aliphatic heterocycles. The fourth-order valence-corrected chi connectivity index (χ4v) is 3.71. The Bertz CT molecular complexity index is 912. The fraction of sp³-hybridized carbons (Fsp3) is 0.133. The van der Waals surface area contributed by atoms with Crippen molar-refractivity contribution in [3.63, 3.8) is 0 Å². The minimum Gasteiger partial charge on any atom is -0.497 e. The highest BCUT2D eigenvalue weighted by Gasteiger charge is 2.33. The van der Waals surface area contributed by atoms with Gasteiger partial charge in [-0.25, -0.2) is 8.42 Å².